The van der Waals surface area contributed by atoms with Crippen LogP contribution in [-0.4, -0.2) is 65.0 Å². The predicted molar refractivity (Wildman–Crippen MR) is 113 cm³/mol. The van der Waals surface area contributed by atoms with Crippen molar-refractivity contribution in [2.45, 2.75) is 18.8 Å². The van der Waals surface area contributed by atoms with Crippen molar-refractivity contribution in [1.82, 2.24) is 25.1 Å². The zero-order valence-corrected chi connectivity index (χ0v) is 18.0. The van der Waals surface area contributed by atoms with Crippen LogP contribution in [0.1, 0.15) is 23.0 Å². The van der Waals surface area contributed by atoms with Crippen molar-refractivity contribution in [3.63, 3.8) is 0 Å². The second-order valence-electron chi connectivity index (χ2n) is 7.75. The van der Waals surface area contributed by atoms with E-state index >= 15 is 0 Å². The number of hydrogen-bond acceptors (Lipinski definition) is 6. The molecular weight excluding hydrogens is 440 g/mol. The van der Waals surface area contributed by atoms with E-state index < -0.39 is 17.8 Å². The molecule has 11 heteroatoms. The highest BCUT2D eigenvalue weighted by molar-refractivity contribution is 5.48. The Bertz CT molecular complexity index is 1050. The van der Waals surface area contributed by atoms with E-state index in [1.165, 1.54) is 18.2 Å². The molecule has 0 amide bonds. The van der Waals surface area contributed by atoms with Gasteiger partial charge in [0.15, 0.2) is 5.82 Å². The van der Waals surface area contributed by atoms with Crippen molar-refractivity contribution < 1.29 is 22.3 Å². The van der Waals surface area contributed by atoms with E-state index in [0.717, 1.165) is 12.1 Å². The number of alkyl halides is 3. The van der Waals surface area contributed by atoms with Crippen LogP contribution < -0.4 is 4.90 Å². The van der Waals surface area contributed by atoms with E-state index in [1.54, 1.807) is 30.0 Å². The second-order valence-corrected chi connectivity index (χ2v) is 7.75. The Balaban J connectivity index is 1.61. The van der Waals surface area contributed by atoms with Crippen LogP contribution >= 0.6 is 0 Å². The van der Waals surface area contributed by atoms with Gasteiger partial charge in [-0.3, -0.25) is 4.90 Å². The van der Waals surface area contributed by atoms with Crippen molar-refractivity contribution >= 4 is 5.69 Å². The summed E-state index contributed by atoms with van der Waals surface area (Å²) in [6.45, 7) is 3.01. The summed E-state index contributed by atoms with van der Waals surface area (Å²) in [6.07, 6.45) is -4.42. The molecule has 4 rings (SSSR count). The van der Waals surface area contributed by atoms with Crippen molar-refractivity contribution in [3.8, 4) is 0 Å². The molecule has 1 fully saturated rings. The Hall–Kier alpha value is -3.05. The van der Waals surface area contributed by atoms with Gasteiger partial charge in [0.25, 0.3) is 0 Å². The average molecular weight is 464 g/mol. The zero-order chi connectivity index (χ0) is 23.4. The first-order valence-electron chi connectivity index (χ1n) is 10.5. The number of hydrogen-bond donors (Lipinski definition) is 0. The molecule has 0 saturated carbocycles. The smallest absolute Gasteiger partial charge is 0.383 e. The Labute approximate surface area is 188 Å². The minimum atomic E-state index is -4.42. The molecule has 176 valence electrons. The van der Waals surface area contributed by atoms with Gasteiger partial charge in [-0.05, 0) is 40.3 Å². The first-order chi connectivity index (χ1) is 15.9. The van der Waals surface area contributed by atoms with Gasteiger partial charge in [-0.1, -0.05) is 24.3 Å². The fourth-order valence-electron chi connectivity index (χ4n) is 4.05. The molecule has 7 nitrogen and oxygen atoms in total. The average Bonchev–Trinajstić information content (AvgIpc) is 3.26. The van der Waals surface area contributed by atoms with Gasteiger partial charge < -0.3 is 9.64 Å². The lowest BCUT2D eigenvalue weighted by molar-refractivity contribution is -0.137. The highest BCUT2D eigenvalue weighted by atomic mass is 19.4. The van der Waals surface area contributed by atoms with Crippen LogP contribution in [0.2, 0.25) is 0 Å². The molecule has 0 spiro atoms. The molecule has 2 aromatic carbocycles. The number of methoxy groups -OCH3 is 1. The summed E-state index contributed by atoms with van der Waals surface area (Å²) >= 11 is 0. The van der Waals surface area contributed by atoms with Gasteiger partial charge in [0.05, 0.1) is 30.4 Å². The summed E-state index contributed by atoms with van der Waals surface area (Å²) in [5.74, 6) is 0.236. The fraction of sp³-hybridized carbons (Fsp3) is 0.409. The van der Waals surface area contributed by atoms with E-state index in [2.05, 4.69) is 20.4 Å². The van der Waals surface area contributed by atoms with Crippen LogP contribution in [0.4, 0.5) is 23.2 Å². The zero-order valence-electron chi connectivity index (χ0n) is 18.0. The number of aromatic nitrogens is 4. The lowest BCUT2D eigenvalue weighted by Gasteiger charge is -2.40. The van der Waals surface area contributed by atoms with Crippen molar-refractivity contribution in [2.75, 3.05) is 44.8 Å². The number of tetrazole rings is 1. The summed E-state index contributed by atoms with van der Waals surface area (Å²) in [6, 6.07) is 11.2. The lowest BCUT2D eigenvalue weighted by atomic mass is 10.0. The molecule has 1 aliphatic heterocycles. The summed E-state index contributed by atoms with van der Waals surface area (Å²) < 4.78 is 60.2. The third-order valence-electron chi connectivity index (χ3n) is 5.74. The van der Waals surface area contributed by atoms with E-state index in [1.807, 2.05) is 4.90 Å². The molecule has 33 heavy (non-hydrogen) atoms. The Morgan fingerprint density at radius 2 is 1.70 bits per heavy atom. The molecule has 1 saturated heterocycles. The Morgan fingerprint density at radius 1 is 1.00 bits per heavy atom. The first-order valence-corrected chi connectivity index (χ1v) is 10.5. The number of halogens is 4. The number of nitrogens with zero attached hydrogens (tertiary/aromatic N) is 6. The third kappa shape index (κ3) is 5.14. The van der Waals surface area contributed by atoms with Gasteiger partial charge in [0, 0.05) is 33.3 Å². The van der Waals surface area contributed by atoms with Crippen LogP contribution in [0, 0.1) is 5.82 Å². The highest BCUT2D eigenvalue weighted by Gasteiger charge is 2.33. The first kappa shape index (κ1) is 23.1. The molecule has 0 bridgehead atoms. The summed E-state index contributed by atoms with van der Waals surface area (Å²) in [5.41, 5.74) is 0.470. The molecule has 3 aromatic rings. The van der Waals surface area contributed by atoms with Crippen molar-refractivity contribution in [3.05, 3.63) is 71.3 Å². The van der Waals surface area contributed by atoms with E-state index in [4.69, 9.17) is 4.74 Å². The quantitative estimate of drug-likeness (QED) is 0.500. The monoisotopic (exact) mass is 464 g/mol. The van der Waals surface area contributed by atoms with Gasteiger partial charge in [-0.15, -0.1) is 5.10 Å². The summed E-state index contributed by atoms with van der Waals surface area (Å²) in [4.78, 5) is 4.07. The second kappa shape index (κ2) is 9.84. The molecule has 0 aliphatic carbocycles. The standard InChI is InChI=1S/C22H24F4N6O/c1-33-15-14-32-21(27-28-29-32)20(16-6-8-17(9-7-16)22(24,25)26)31-12-10-30(11-13-31)19-5-3-2-4-18(19)23/h2-9,20H,10-15H2,1H3. The topological polar surface area (TPSA) is 59.3 Å². The third-order valence-corrected chi connectivity index (χ3v) is 5.74. The maximum absolute atomic E-state index is 14.2. The predicted octanol–water partition coefficient (Wildman–Crippen LogP) is 3.39. The Morgan fingerprint density at radius 3 is 2.33 bits per heavy atom. The van der Waals surface area contributed by atoms with Crippen LogP contribution in [0.15, 0.2) is 48.5 Å². The van der Waals surface area contributed by atoms with Gasteiger partial charge in [0.1, 0.15) is 5.82 Å². The maximum atomic E-state index is 14.2. The highest BCUT2D eigenvalue weighted by Crippen LogP contribution is 2.33. The fourth-order valence-corrected chi connectivity index (χ4v) is 4.05. The largest absolute Gasteiger partial charge is 0.416 e. The van der Waals surface area contributed by atoms with Crippen LogP contribution in [0.5, 0.6) is 0 Å². The Kier molecular flexibility index (Phi) is 6.89. The van der Waals surface area contributed by atoms with Crippen LogP contribution in [-0.2, 0) is 17.5 Å². The summed E-state index contributed by atoms with van der Waals surface area (Å²) in [7, 11) is 1.57. The number of piperazine rings is 1. The van der Waals surface area contributed by atoms with Gasteiger partial charge in [0.2, 0.25) is 0 Å². The van der Waals surface area contributed by atoms with Gasteiger partial charge in [-0.25, -0.2) is 9.07 Å². The minimum absolute atomic E-state index is 0.284. The molecule has 2 heterocycles. The van der Waals surface area contributed by atoms with Crippen molar-refractivity contribution in [2.24, 2.45) is 0 Å². The summed E-state index contributed by atoms with van der Waals surface area (Å²) in [5, 5.41) is 12.0. The molecule has 1 atom stereocenters. The number of rotatable bonds is 7. The van der Waals surface area contributed by atoms with E-state index in [9.17, 15) is 17.6 Å². The SMILES string of the molecule is COCCn1nnnc1C(c1ccc(C(F)(F)F)cc1)N1CCN(c2ccccc2F)CC1. The van der Waals surface area contributed by atoms with Gasteiger partial charge in [-0.2, -0.15) is 13.2 Å². The van der Waals surface area contributed by atoms with E-state index in [-0.39, 0.29) is 5.82 Å². The van der Waals surface area contributed by atoms with Gasteiger partial charge >= 0.3 is 6.18 Å². The molecule has 1 unspecified atom stereocenters. The van der Waals surface area contributed by atoms with Crippen LogP contribution in [0.3, 0.4) is 0 Å². The normalized spacial score (nSPS) is 16.2. The molecule has 0 N–H and O–H groups in total. The molecule has 1 aromatic heterocycles. The minimum Gasteiger partial charge on any atom is -0.383 e. The van der Waals surface area contributed by atoms with E-state index in [0.29, 0.717) is 56.4 Å². The van der Waals surface area contributed by atoms with Crippen molar-refractivity contribution in [1.29, 1.82) is 0 Å². The number of ether oxygens (including phenoxy) is 1. The molecule has 0 radical (unpaired) electrons. The number of para-hydroxylation sites is 1. The number of anilines is 1. The maximum Gasteiger partial charge on any atom is 0.416 e. The molecule has 1 aliphatic rings. The lowest BCUT2D eigenvalue weighted by Crippen LogP contribution is -2.48. The number of benzene rings is 2. The van der Waals surface area contributed by atoms with Crippen LogP contribution in [0.25, 0.3) is 0 Å². The molecular formula is C22H24F4N6O.